The first kappa shape index (κ1) is 15.2. The third kappa shape index (κ3) is 3.74. The highest BCUT2D eigenvalue weighted by atomic mass is 19.1. The average Bonchev–Trinajstić information content (AvgIpc) is 2.56. The van der Waals surface area contributed by atoms with Crippen LogP contribution in [0.25, 0.3) is 0 Å². The van der Waals surface area contributed by atoms with E-state index in [1.54, 1.807) is 17.0 Å². The lowest BCUT2D eigenvalue weighted by atomic mass is 9.94. The summed E-state index contributed by atoms with van der Waals surface area (Å²) >= 11 is 0. The minimum absolute atomic E-state index is 0.0425. The molecule has 1 atom stereocenters. The summed E-state index contributed by atoms with van der Waals surface area (Å²) in [6.45, 7) is 4.76. The quantitative estimate of drug-likeness (QED) is 0.842. The molecule has 118 valence electrons. The van der Waals surface area contributed by atoms with Gasteiger partial charge in [0, 0.05) is 11.5 Å². The predicted octanol–water partition coefficient (Wildman–Crippen LogP) is 1.52. The van der Waals surface area contributed by atoms with Gasteiger partial charge in [-0.15, -0.1) is 0 Å². The van der Waals surface area contributed by atoms with Crippen molar-refractivity contribution in [2.75, 3.05) is 32.7 Å². The fourth-order valence-electron chi connectivity index (χ4n) is 3.48. The third-order valence-corrected chi connectivity index (χ3v) is 4.78. The van der Waals surface area contributed by atoms with E-state index in [0.29, 0.717) is 5.56 Å². The number of amides is 1. The normalized spacial score (nSPS) is 22.8. The second kappa shape index (κ2) is 7.05. The number of hydrogen-bond acceptors (Lipinski definition) is 1. The van der Waals surface area contributed by atoms with Crippen molar-refractivity contribution in [2.24, 2.45) is 5.92 Å². The Kier molecular flexibility index (Phi) is 4.88. The van der Waals surface area contributed by atoms with Gasteiger partial charge < -0.3 is 9.80 Å². The van der Waals surface area contributed by atoms with Gasteiger partial charge in [-0.1, -0.05) is 18.2 Å². The highest BCUT2D eigenvalue weighted by molar-refractivity contribution is 5.94. The third-order valence-electron chi connectivity index (χ3n) is 4.78. The van der Waals surface area contributed by atoms with Crippen LogP contribution in [0.4, 0.5) is 4.39 Å². The Bertz CT molecular complexity index is 550. The summed E-state index contributed by atoms with van der Waals surface area (Å²) in [6, 6.07) is 5.99. The first-order chi connectivity index (χ1) is 10.7. The van der Waals surface area contributed by atoms with E-state index >= 15 is 0 Å². The van der Waals surface area contributed by atoms with Crippen molar-refractivity contribution in [2.45, 2.75) is 19.3 Å². The van der Waals surface area contributed by atoms with Crippen LogP contribution >= 0.6 is 0 Å². The molecule has 0 spiro atoms. The molecular weight excluding hydrogens is 279 g/mol. The number of quaternary nitrogens is 1. The van der Waals surface area contributed by atoms with E-state index in [-0.39, 0.29) is 11.7 Å². The Balaban J connectivity index is 1.51. The summed E-state index contributed by atoms with van der Waals surface area (Å²) in [5.74, 6) is 0.407. The number of halogens is 1. The number of nitrogens with one attached hydrogen (secondary N) is 1. The molecule has 1 amide bonds. The van der Waals surface area contributed by atoms with Crippen LogP contribution < -0.4 is 4.90 Å². The van der Waals surface area contributed by atoms with Crippen molar-refractivity contribution in [1.82, 2.24) is 4.90 Å². The van der Waals surface area contributed by atoms with Crippen LogP contribution in [-0.4, -0.2) is 43.5 Å². The van der Waals surface area contributed by atoms with Crippen molar-refractivity contribution in [3.05, 3.63) is 47.8 Å². The summed E-state index contributed by atoms with van der Waals surface area (Å²) in [5.41, 5.74) is 0.459. The summed E-state index contributed by atoms with van der Waals surface area (Å²) < 4.78 is 13.2. The number of rotatable bonds is 3. The standard InChI is InChI=1S/C18H23FN2O/c19-17-8-4-7-16(13-17)18(22)21-11-9-20(10-12-21)14-15-5-2-1-3-6-15/h1-2,4,7-8,13,15H,3,5-6,9-12,14H2/p+1/t15-/m1/s1. The highest BCUT2D eigenvalue weighted by Crippen LogP contribution is 2.16. The van der Waals surface area contributed by atoms with Crippen molar-refractivity contribution < 1.29 is 14.1 Å². The first-order valence-electron chi connectivity index (χ1n) is 8.26. The maximum absolute atomic E-state index is 13.2. The SMILES string of the molecule is O=C(c1cccc(F)c1)N1CC[NH+](C[C@@H]2CC=CCC2)CC1. The van der Waals surface area contributed by atoms with E-state index in [0.717, 1.165) is 32.1 Å². The Morgan fingerprint density at radius 1 is 1.27 bits per heavy atom. The number of allylic oxidation sites excluding steroid dienone is 2. The zero-order valence-corrected chi connectivity index (χ0v) is 12.9. The maximum Gasteiger partial charge on any atom is 0.254 e. The van der Waals surface area contributed by atoms with Crippen LogP contribution in [0.2, 0.25) is 0 Å². The molecule has 0 aromatic heterocycles. The summed E-state index contributed by atoms with van der Waals surface area (Å²) in [4.78, 5) is 15.9. The molecule has 2 aliphatic rings. The van der Waals surface area contributed by atoms with E-state index < -0.39 is 0 Å². The summed E-state index contributed by atoms with van der Waals surface area (Å²) in [5, 5.41) is 0. The molecule has 1 heterocycles. The van der Waals surface area contributed by atoms with Gasteiger partial charge >= 0.3 is 0 Å². The lowest BCUT2D eigenvalue weighted by Gasteiger charge is -2.34. The summed E-state index contributed by atoms with van der Waals surface area (Å²) in [6.07, 6.45) is 8.29. The fourth-order valence-corrected chi connectivity index (χ4v) is 3.48. The second-order valence-corrected chi connectivity index (χ2v) is 6.41. The molecule has 1 aromatic rings. The minimum Gasteiger partial charge on any atom is -0.332 e. The zero-order valence-electron chi connectivity index (χ0n) is 12.9. The van der Waals surface area contributed by atoms with Gasteiger partial charge in [-0.25, -0.2) is 4.39 Å². The van der Waals surface area contributed by atoms with Crippen LogP contribution in [-0.2, 0) is 0 Å². The van der Waals surface area contributed by atoms with Gasteiger partial charge in [0.05, 0.1) is 32.7 Å². The molecule has 1 N–H and O–H groups in total. The Morgan fingerprint density at radius 2 is 2.09 bits per heavy atom. The Hall–Kier alpha value is -1.68. The van der Waals surface area contributed by atoms with Gasteiger partial charge in [0.25, 0.3) is 5.91 Å². The molecule has 4 heteroatoms. The molecule has 22 heavy (non-hydrogen) atoms. The van der Waals surface area contributed by atoms with Crippen molar-refractivity contribution in [1.29, 1.82) is 0 Å². The van der Waals surface area contributed by atoms with Gasteiger partial charge in [-0.3, -0.25) is 4.79 Å². The highest BCUT2D eigenvalue weighted by Gasteiger charge is 2.26. The van der Waals surface area contributed by atoms with Gasteiger partial charge in [0.2, 0.25) is 0 Å². The lowest BCUT2D eigenvalue weighted by molar-refractivity contribution is -0.907. The van der Waals surface area contributed by atoms with Crippen LogP contribution in [0.1, 0.15) is 29.6 Å². The molecule has 0 radical (unpaired) electrons. The molecule has 0 saturated carbocycles. The molecular formula is C18H24FN2O+. The number of carbonyl (C=O) groups excluding carboxylic acids is 1. The molecule has 1 fully saturated rings. The van der Waals surface area contributed by atoms with Crippen molar-refractivity contribution >= 4 is 5.91 Å². The molecule has 1 aromatic carbocycles. The second-order valence-electron chi connectivity index (χ2n) is 6.41. The van der Waals surface area contributed by atoms with Crippen LogP contribution in [0, 0.1) is 11.7 Å². The average molecular weight is 303 g/mol. The van der Waals surface area contributed by atoms with E-state index in [2.05, 4.69) is 12.2 Å². The molecule has 3 nitrogen and oxygen atoms in total. The lowest BCUT2D eigenvalue weighted by Crippen LogP contribution is -3.15. The number of piperazine rings is 1. The summed E-state index contributed by atoms with van der Waals surface area (Å²) in [7, 11) is 0. The van der Waals surface area contributed by atoms with Gasteiger partial charge in [0.15, 0.2) is 0 Å². The van der Waals surface area contributed by atoms with Crippen molar-refractivity contribution in [3.8, 4) is 0 Å². The van der Waals surface area contributed by atoms with Crippen LogP contribution in [0.15, 0.2) is 36.4 Å². The molecule has 0 bridgehead atoms. The van der Waals surface area contributed by atoms with Gasteiger partial charge in [-0.2, -0.15) is 0 Å². The Labute approximate surface area is 131 Å². The number of nitrogens with zero attached hydrogens (tertiary/aromatic N) is 1. The van der Waals surface area contributed by atoms with E-state index in [1.165, 1.54) is 37.9 Å². The molecule has 1 aliphatic carbocycles. The van der Waals surface area contributed by atoms with Crippen molar-refractivity contribution in [3.63, 3.8) is 0 Å². The monoisotopic (exact) mass is 303 g/mol. The number of hydrogen-bond donors (Lipinski definition) is 1. The molecule has 1 aliphatic heterocycles. The molecule has 0 unspecified atom stereocenters. The van der Waals surface area contributed by atoms with E-state index in [4.69, 9.17) is 0 Å². The zero-order chi connectivity index (χ0) is 15.4. The fraction of sp³-hybridized carbons (Fsp3) is 0.500. The van der Waals surface area contributed by atoms with E-state index in [1.807, 2.05) is 4.90 Å². The number of carbonyl (C=O) groups is 1. The number of benzene rings is 1. The van der Waals surface area contributed by atoms with Gasteiger partial charge in [-0.05, 0) is 37.5 Å². The van der Waals surface area contributed by atoms with Crippen LogP contribution in [0.3, 0.4) is 0 Å². The first-order valence-corrected chi connectivity index (χ1v) is 8.26. The topological polar surface area (TPSA) is 24.8 Å². The smallest absolute Gasteiger partial charge is 0.254 e. The minimum atomic E-state index is -0.347. The van der Waals surface area contributed by atoms with Gasteiger partial charge in [0.1, 0.15) is 5.82 Å². The Morgan fingerprint density at radius 3 is 2.77 bits per heavy atom. The predicted molar refractivity (Wildman–Crippen MR) is 84.3 cm³/mol. The van der Waals surface area contributed by atoms with E-state index in [9.17, 15) is 9.18 Å². The van der Waals surface area contributed by atoms with Crippen LogP contribution in [0.5, 0.6) is 0 Å². The largest absolute Gasteiger partial charge is 0.332 e. The maximum atomic E-state index is 13.2. The molecule has 1 saturated heterocycles. The molecule has 3 rings (SSSR count).